The van der Waals surface area contributed by atoms with Crippen LogP contribution in [0.5, 0.6) is 0 Å². The number of aliphatic hydroxyl groups is 1. The average Bonchev–Trinajstić information content (AvgIpc) is 2.82. The summed E-state index contributed by atoms with van der Waals surface area (Å²) in [5.74, 6) is -3.14. The summed E-state index contributed by atoms with van der Waals surface area (Å²) in [5.41, 5.74) is 0.840. The lowest BCUT2D eigenvalue weighted by atomic mass is 9.98. The maximum absolute atomic E-state index is 12.4. The minimum atomic E-state index is -4.18. The molecular formula is C24H32O14S. The number of aliphatic hydroxyl groups excluding tert-OH is 1. The molecule has 1 aliphatic rings. The van der Waals surface area contributed by atoms with Crippen LogP contribution in [0.2, 0.25) is 0 Å². The number of ether oxygens (including phenoxy) is 6. The molecule has 39 heavy (non-hydrogen) atoms. The zero-order chi connectivity index (χ0) is 29.3. The van der Waals surface area contributed by atoms with Gasteiger partial charge in [-0.2, -0.15) is 8.42 Å². The van der Waals surface area contributed by atoms with Crippen LogP contribution < -0.4 is 0 Å². The highest BCUT2D eigenvalue weighted by Gasteiger charge is 2.52. The smallest absolute Gasteiger partial charge is 0.303 e. The van der Waals surface area contributed by atoms with Crippen LogP contribution in [0.25, 0.3) is 0 Å². The zero-order valence-corrected chi connectivity index (χ0v) is 22.9. The molecular weight excluding hydrogens is 544 g/mol. The predicted molar refractivity (Wildman–Crippen MR) is 128 cm³/mol. The van der Waals surface area contributed by atoms with Gasteiger partial charge in [0.2, 0.25) is 0 Å². The Hall–Kier alpha value is -3.11. The van der Waals surface area contributed by atoms with Crippen molar-refractivity contribution in [1.82, 2.24) is 0 Å². The molecule has 0 amide bonds. The quantitative estimate of drug-likeness (QED) is 0.201. The SMILES string of the molecule is CC(=O)OCC1OC(OCC(O)COS(=O)(=O)c2ccc(C)cc2)C(OC(C)=O)C(OC(C)=O)C1OC(C)=O. The van der Waals surface area contributed by atoms with Crippen molar-refractivity contribution in [2.45, 2.75) is 76.3 Å². The summed E-state index contributed by atoms with van der Waals surface area (Å²) in [6.07, 6.45) is -8.60. The van der Waals surface area contributed by atoms with E-state index < -0.39 is 90.6 Å². The molecule has 1 aliphatic heterocycles. The molecule has 1 N–H and O–H groups in total. The number of hydrogen-bond acceptors (Lipinski definition) is 14. The van der Waals surface area contributed by atoms with E-state index in [1.54, 1.807) is 19.1 Å². The Morgan fingerprint density at radius 3 is 1.92 bits per heavy atom. The van der Waals surface area contributed by atoms with Crippen molar-refractivity contribution in [3.63, 3.8) is 0 Å². The third-order valence-electron chi connectivity index (χ3n) is 5.13. The highest BCUT2D eigenvalue weighted by Crippen LogP contribution is 2.30. The topological polar surface area (TPSA) is 187 Å². The van der Waals surface area contributed by atoms with Crippen LogP contribution in [0.1, 0.15) is 33.3 Å². The predicted octanol–water partition coefficient (Wildman–Crippen LogP) is 0.161. The molecule has 0 saturated carbocycles. The number of carbonyl (C=O) groups is 4. The summed E-state index contributed by atoms with van der Waals surface area (Å²) >= 11 is 0. The van der Waals surface area contributed by atoms with E-state index in [0.717, 1.165) is 33.3 Å². The Morgan fingerprint density at radius 1 is 0.846 bits per heavy atom. The van der Waals surface area contributed by atoms with Gasteiger partial charge in [0.25, 0.3) is 10.1 Å². The Kier molecular flexibility index (Phi) is 11.8. The maximum atomic E-state index is 12.4. The highest BCUT2D eigenvalue weighted by molar-refractivity contribution is 7.86. The van der Waals surface area contributed by atoms with Crippen molar-refractivity contribution in [2.24, 2.45) is 0 Å². The molecule has 0 radical (unpaired) electrons. The molecule has 6 unspecified atom stereocenters. The van der Waals surface area contributed by atoms with E-state index in [-0.39, 0.29) is 4.90 Å². The molecule has 6 atom stereocenters. The molecule has 0 aliphatic carbocycles. The molecule has 2 rings (SSSR count). The van der Waals surface area contributed by atoms with E-state index in [1.807, 2.05) is 0 Å². The normalized spacial score (nSPS) is 23.8. The number of esters is 4. The van der Waals surface area contributed by atoms with E-state index >= 15 is 0 Å². The van der Waals surface area contributed by atoms with Gasteiger partial charge in [-0.25, -0.2) is 0 Å². The molecule has 1 fully saturated rings. The third-order valence-corrected chi connectivity index (χ3v) is 6.42. The van der Waals surface area contributed by atoms with Gasteiger partial charge < -0.3 is 33.5 Å². The number of benzene rings is 1. The van der Waals surface area contributed by atoms with Crippen molar-refractivity contribution >= 4 is 34.0 Å². The van der Waals surface area contributed by atoms with Crippen LogP contribution in [0.4, 0.5) is 0 Å². The van der Waals surface area contributed by atoms with Gasteiger partial charge in [-0.3, -0.25) is 23.4 Å². The highest BCUT2D eigenvalue weighted by atomic mass is 32.2. The third kappa shape index (κ3) is 10.2. The van der Waals surface area contributed by atoms with Crippen LogP contribution in [0, 0.1) is 6.92 Å². The Morgan fingerprint density at radius 2 is 1.38 bits per heavy atom. The van der Waals surface area contributed by atoms with Crippen LogP contribution in [-0.4, -0.2) is 94.0 Å². The van der Waals surface area contributed by atoms with Gasteiger partial charge in [-0.1, -0.05) is 17.7 Å². The van der Waals surface area contributed by atoms with Crippen molar-refractivity contribution in [3.05, 3.63) is 29.8 Å². The molecule has 15 heteroatoms. The van der Waals surface area contributed by atoms with Crippen LogP contribution in [-0.2, 0) is 61.9 Å². The Labute approximate surface area is 225 Å². The first kappa shape index (κ1) is 32.1. The number of aryl methyl sites for hydroxylation is 1. The second-order valence-electron chi connectivity index (χ2n) is 8.61. The fraction of sp³-hybridized carbons (Fsp3) is 0.583. The van der Waals surface area contributed by atoms with Gasteiger partial charge in [0.1, 0.15) is 18.8 Å². The first-order chi connectivity index (χ1) is 18.2. The molecule has 0 spiro atoms. The molecule has 14 nitrogen and oxygen atoms in total. The largest absolute Gasteiger partial charge is 0.463 e. The fourth-order valence-electron chi connectivity index (χ4n) is 3.52. The first-order valence-corrected chi connectivity index (χ1v) is 13.2. The second kappa shape index (κ2) is 14.3. The van der Waals surface area contributed by atoms with Crippen molar-refractivity contribution in [2.75, 3.05) is 19.8 Å². The molecule has 0 bridgehead atoms. The molecule has 1 aromatic rings. The van der Waals surface area contributed by atoms with E-state index in [4.69, 9.17) is 32.6 Å². The number of rotatable bonds is 12. The molecule has 218 valence electrons. The minimum absolute atomic E-state index is 0.110. The van der Waals surface area contributed by atoms with E-state index in [0.29, 0.717) is 0 Å². The van der Waals surface area contributed by atoms with Gasteiger partial charge >= 0.3 is 23.9 Å². The maximum Gasteiger partial charge on any atom is 0.303 e. The van der Waals surface area contributed by atoms with Crippen LogP contribution in [0.15, 0.2) is 29.2 Å². The van der Waals surface area contributed by atoms with Crippen molar-refractivity contribution in [3.8, 4) is 0 Å². The van der Waals surface area contributed by atoms with Crippen LogP contribution >= 0.6 is 0 Å². The number of carbonyl (C=O) groups excluding carboxylic acids is 4. The lowest BCUT2D eigenvalue weighted by molar-refractivity contribution is -0.311. The summed E-state index contributed by atoms with van der Waals surface area (Å²) in [7, 11) is -4.18. The zero-order valence-electron chi connectivity index (χ0n) is 22.1. The summed E-state index contributed by atoms with van der Waals surface area (Å²) in [4.78, 5) is 46.7. The van der Waals surface area contributed by atoms with Crippen LogP contribution in [0.3, 0.4) is 0 Å². The first-order valence-electron chi connectivity index (χ1n) is 11.8. The second-order valence-corrected chi connectivity index (χ2v) is 10.2. The van der Waals surface area contributed by atoms with E-state index in [9.17, 15) is 32.7 Å². The van der Waals surface area contributed by atoms with Gasteiger partial charge in [-0.05, 0) is 19.1 Å². The van der Waals surface area contributed by atoms with E-state index in [1.165, 1.54) is 12.1 Å². The van der Waals surface area contributed by atoms with E-state index in [2.05, 4.69) is 0 Å². The minimum Gasteiger partial charge on any atom is -0.463 e. The summed E-state index contributed by atoms with van der Waals surface area (Å²) in [5, 5.41) is 10.3. The summed E-state index contributed by atoms with van der Waals surface area (Å²) in [6, 6.07) is 5.87. The van der Waals surface area contributed by atoms with Crippen molar-refractivity contribution < 1.29 is 65.3 Å². The standard InChI is InChI=1S/C24H32O14S/c1-13-6-8-19(9-7-13)39(30,31)34-11-18(29)10-33-24-23(37-17(5)28)22(36-16(4)27)21(35-15(3)26)20(38-24)12-32-14(2)25/h6-9,18,20-24,29H,10-12H2,1-5H3. The van der Waals surface area contributed by atoms with Gasteiger partial charge in [0, 0.05) is 27.7 Å². The summed E-state index contributed by atoms with van der Waals surface area (Å²) < 4.78 is 61.7. The lowest BCUT2D eigenvalue weighted by Crippen LogP contribution is -2.63. The van der Waals surface area contributed by atoms with Gasteiger partial charge in [0.05, 0.1) is 18.1 Å². The van der Waals surface area contributed by atoms with Gasteiger partial charge in [0.15, 0.2) is 24.6 Å². The number of hydrogen-bond donors (Lipinski definition) is 1. The Bertz CT molecular complexity index is 1120. The average molecular weight is 577 g/mol. The van der Waals surface area contributed by atoms with Gasteiger partial charge in [-0.15, -0.1) is 0 Å². The molecule has 1 saturated heterocycles. The molecule has 1 heterocycles. The monoisotopic (exact) mass is 576 g/mol. The Balaban J connectivity index is 2.20. The fourth-order valence-corrected chi connectivity index (χ4v) is 4.46. The molecule has 1 aromatic carbocycles. The summed E-state index contributed by atoms with van der Waals surface area (Å²) in [6.45, 7) is 4.38. The van der Waals surface area contributed by atoms with Crippen molar-refractivity contribution in [1.29, 1.82) is 0 Å². The molecule has 0 aromatic heterocycles. The lowest BCUT2D eigenvalue weighted by Gasteiger charge is -2.44.